The molecule has 4 rings (SSSR count). The van der Waals surface area contributed by atoms with Gasteiger partial charge in [-0.2, -0.15) is 4.98 Å². The molecule has 0 saturated heterocycles. The minimum absolute atomic E-state index is 0.0247. The van der Waals surface area contributed by atoms with Crippen LogP contribution in [0.4, 0.5) is 0 Å². The Balaban J connectivity index is 1.83. The Kier molecular flexibility index (Phi) is 2.47. The Labute approximate surface area is 110 Å². The maximum Gasteiger partial charge on any atom is 0.283 e. The molecule has 19 heavy (non-hydrogen) atoms. The lowest BCUT2D eigenvalue weighted by atomic mass is 9.89. The van der Waals surface area contributed by atoms with E-state index in [9.17, 15) is 4.79 Å². The molecule has 0 unspecified atom stereocenters. The van der Waals surface area contributed by atoms with E-state index in [-0.39, 0.29) is 5.56 Å². The van der Waals surface area contributed by atoms with Crippen molar-refractivity contribution < 1.29 is 4.42 Å². The van der Waals surface area contributed by atoms with Gasteiger partial charge in [0.2, 0.25) is 5.89 Å². The standard InChI is InChI=1S/C14H17N3O2/c18-14-11-13(15-10-7-4-8-17(10)14)19-12(16-11)9-5-2-1-3-6-9/h9H,1-8H2. The summed E-state index contributed by atoms with van der Waals surface area (Å²) in [6.07, 6.45) is 7.85. The normalized spacial score (nSPS) is 20.0. The van der Waals surface area contributed by atoms with E-state index in [1.54, 1.807) is 4.57 Å². The second-order valence-corrected chi connectivity index (χ2v) is 5.63. The van der Waals surface area contributed by atoms with E-state index < -0.39 is 0 Å². The van der Waals surface area contributed by atoms with Crippen LogP contribution in [0.2, 0.25) is 0 Å². The third kappa shape index (κ3) is 1.71. The van der Waals surface area contributed by atoms with Crippen molar-refractivity contribution in [2.45, 2.75) is 57.4 Å². The molecule has 2 aromatic rings. The van der Waals surface area contributed by atoms with Crippen LogP contribution in [0.5, 0.6) is 0 Å². The summed E-state index contributed by atoms with van der Waals surface area (Å²) in [5.74, 6) is 1.95. The van der Waals surface area contributed by atoms with E-state index >= 15 is 0 Å². The van der Waals surface area contributed by atoms with Gasteiger partial charge < -0.3 is 4.42 Å². The fourth-order valence-corrected chi connectivity index (χ4v) is 3.31. The van der Waals surface area contributed by atoms with Gasteiger partial charge in [0.1, 0.15) is 5.82 Å². The Hall–Kier alpha value is -1.65. The highest BCUT2D eigenvalue weighted by Gasteiger charge is 2.24. The van der Waals surface area contributed by atoms with Gasteiger partial charge in [-0.05, 0) is 19.3 Å². The molecular weight excluding hydrogens is 242 g/mol. The van der Waals surface area contributed by atoms with Crippen molar-refractivity contribution in [1.29, 1.82) is 0 Å². The molecule has 0 radical (unpaired) electrons. The summed E-state index contributed by atoms with van der Waals surface area (Å²) in [5, 5.41) is 0. The SMILES string of the molecule is O=c1c2nc(C3CCCCC3)oc2nc2n1CCC2. The summed E-state index contributed by atoms with van der Waals surface area (Å²) >= 11 is 0. The number of aryl methyl sites for hydroxylation is 1. The molecule has 0 atom stereocenters. The van der Waals surface area contributed by atoms with Crippen LogP contribution in [0, 0.1) is 0 Å². The number of fused-ring (bicyclic) bond motifs is 2. The maximum absolute atomic E-state index is 12.3. The zero-order valence-electron chi connectivity index (χ0n) is 10.9. The molecule has 5 nitrogen and oxygen atoms in total. The zero-order chi connectivity index (χ0) is 12.8. The molecule has 1 fully saturated rings. The van der Waals surface area contributed by atoms with Crippen LogP contribution in [0.15, 0.2) is 9.21 Å². The number of nitrogens with zero attached hydrogens (tertiary/aromatic N) is 3. The molecule has 3 heterocycles. The topological polar surface area (TPSA) is 60.9 Å². The number of rotatable bonds is 1. The molecular formula is C14H17N3O2. The average molecular weight is 259 g/mol. The summed E-state index contributed by atoms with van der Waals surface area (Å²) in [7, 11) is 0. The minimum Gasteiger partial charge on any atom is -0.422 e. The minimum atomic E-state index is -0.0247. The van der Waals surface area contributed by atoms with Gasteiger partial charge in [0.05, 0.1) is 0 Å². The molecule has 1 aliphatic heterocycles. The molecule has 2 aromatic heterocycles. The van der Waals surface area contributed by atoms with E-state index in [0.29, 0.717) is 17.1 Å². The summed E-state index contributed by atoms with van der Waals surface area (Å²) in [5.41, 5.74) is 0.841. The van der Waals surface area contributed by atoms with Crippen LogP contribution in [0.3, 0.4) is 0 Å². The second-order valence-electron chi connectivity index (χ2n) is 5.63. The van der Waals surface area contributed by atoms with Gasteiger partial charge in [-0.15, -0.1) is 0 Å². The maximum atomic E-state index is 12.3. The lowest BCUT2D eigenvalue weighted by Gasteiger charge is -2.17. The van der Waals surface area contributed by atoms with Crippen LogP contribution in [0.1, 0.15) is 56.2 Å². The van der Waals surface area contributed by atoms with Gasteiger partial charge in [0.25, 0.3) is 11.3 Å². The Bertz CT molecular complexity index is 680. The van der Waals surface area contributed by atoms with Gasteiger partial charge in [-0.3, -0.25) is 9.36 Å². The first kappa shape index (κ1) is 11.2. The van der Waals surface area contributed by atoms with Crippen LogP contribution in [0.25, 0.3) is 11.2 Å². The van der Waals surface area contributed by atoms with Crippen molar-refractivity contribution in [2.75, 3.05) is 0 Å². The first-order valence-corrected chi connectivity index (χ1v) is 7.23. The Morgan fingerprint density at radius 3 is 2.79 bits per heavy atom. The lowest BCUT2D eigenvalue weighted by Crippen LogP contribution is -2.20. The quantitative estimate of drug-likeness (QED) is 0.788. The van der Waals surface area contributed by atoms with Crippen molar-refractivity contribution in [3.63, 3.8) is 0 Å². The molecule has 1 aliphatic carbocycles. The molecule has 1 saturated carbocycles. The number of hydrogen-bond acceptors (Lipinski definition) is 4. The van der Waals surface area contributed by atoms with Crippen molar-refractivity contribution in [3.8, 4) is 0 Å². The van der Waals surface area contributed by atoms with Crippen LogP contribution in [-0.2, 0) is 13.0 Å². The van der Waals surface area contributed by atoms with Gasteiger partial charge in [0.15, 0.2) is 5.52 Å². The van der Waals surface area contributed by atoms with Gasteiger partial charge in [-0.1, -0.05) is 19.3 Å². The first-order chi connectivity index (χ1) is 9.33. The van der Waals surface area contributed by atoms with Gasteiger partial charge in [0, 0.05) is 18.9 Å². The zero-order valence-corrected chi connectivity index (χ0v) is 10.9. The van der Waals surface area contributed by atoms with E-state index in [4.69, 9.17) is 4.42 Å². The average Bonchev–Trinajstić information content (AvgIpc) is 3.06. The predicted molar refractivity (Wildman–Crippen MR) is 70.2 cm³/mol. The van der Waals surface area contributed by atoms with Crippen molar-refractivity contribution in [2.24, 2.45) is 0 Å². The van der Waals surface area contributed by atoms with Crippen LogP contribution < -0.4 is 5.56 Å². The van der Waals surface area contributed by atoms with Crippen molar-refractivity contribution in [1.82, 2.24) is 14.5 Å². The van der Waals surface area contributed by atoms with E-state index in [1.807, 2.05) is 0 Å². The predicted octanol–water partition coefficient (Wildman–Crippen LogP) is 2.38. The van der Waals surface area contributed by atoms with Gasteiger partial charge in [-0.25, -0.2) is 4.98 Å². The summed E-state index contributed by atoms with van der Waals surface area (Å²) in [4.78, 5) is 21.2. The van der Waals surface area contributed by atoms with Crippen molar-refractivity contribution in [3.05, 3.63) is 22.1 Å². The fourth-order valence-electron chi connectivity index (χ4n) is 3.31. The van der Waals surface area contributed by atoms with Crippen LogP contribution in [-0.4, -0.2) is 14.5 Å². The highest BCUT2D eigenvalue weighted by Crippen LogP contribution is 2.33. The fraction of sp³-hybridized carbons (Fsp3) is 0.643. The summed E-state index contributed by atoms with van der Waals surface area (Å²) in [6.45, 7) is 0.767. The highest BCUT2D eigenvalue weighted by molar-refractivity contribution is 5.66. The molecule has 0 bridgehead atoms. The molecule has 100 valence electrons. The molecule has 0 amide bonds. The monoisotopic (exact) mass is 259 g/mol. The molecule has 0 N–H and O–H groups in total. The van der Waals surface area contributed by atoms with Gasteiger partial charge >= 0.3 is 0 Å². The highest BCUT2D eigenvalue weighted by atomic mass is 16.4. The van der Waals surface area contributed by atoms with E-state index in [2.05, 4.69) is 9.97 Å². The molecule has 0 aromatic carbocycles. The van der Waals surface area contributed by atoms with E-state index in [1.165, 1.54) is 19.3 Å². The van der Waals surface area contributed by atoms with E-state index in [0.717, 1.165) is 43.9 Å². The summed E-state index contributed by atoms with van der Waals surface area (Å²) in [6, 6.07) is 0. The van der Waals surface area contributed by atoms with Crippen molar-refractivity contribution >= 4 is 11.2 Å². The Morgan fingerprint density at radius 1 is 1.11 bits per heavy atom. The largest absolute Gasteiger partial charge is 0.422 e. The Morgan fingerprint density at radius 2 is 1.95 bits per heavy atom. The molecule has 2 aliphatic rings. The number of oxazole rings is 1. The lowest BCUT2D eigenvalue weighted by molar-refractivity contribution is 0.371. The second kappa shape index (κ2) is 4.18. The molecule has 0 spiro atoms. The summed E-state index contributed by atoms with van der Waals surface area (Å²) < 4.78 is 7.52. The third-order valence-electron chi connectivity index (χ3n) is 4.35. The third-order valence-corrected chi connectivity index (χ3v) is 4.35. The van der Waals surface area contributed by atoms with Crippen LogP contribution >= 0.6 is 0 Å². The number of aromatic nitrogens is 3. The number of hydrogen-bond donors (Lipinski definition) is 0. The smallest absolute Gasteiger partial charge is 0.283 e. The first-order valence-electron chi connectivity index (χ1n) is 7.23. The molecule has 5 heteroatoms.